The van der Waals surface area contributed by atoms with E-state index in [9.17, 15) is 0 Å². The summed E-state index contributed by atoms with van der Waals surface area (Å²) in [7, 11) is 0. The molecule has 1 unspecified atom stereocenters. The summed E-state index contributed by atoms with van der Waals surface area (Å²) in [6.45, 7) is 0. The molecule has 2 rings (SSSR count). The Bertz CT molecular complexity index is 243. The molecule has 0 saturated heterocycles. The smallest absolute Gasteiger partial charge is 0.0900 e. The highest BCUT2D eigenvalue weighted by Crippen LogP contribution is 2.49. The normalized spacial score (nSPS) is 30.6. The fourth-order valence-corrected chi connectivity index (χ4v) is 1.30. The van der Waals surface area contributed by atoms with E-state index in [1.54, 1.807) is 6.34 Å². The number of nitrogens with zero attached hydrogens (tertiary/aromatic N) is 2. The Labute approximate surface area is 65.4 Å². The second-order valence-corrected chi connectivity index (χ2v) is 3.02. The summed E-state index contributed by atoms with van der Waals surface area (Å²) in [5, 5.41) is 11.7. The first-order valence-corrected chi connectivity index (χ1v) is 3.73. The summed E-state index contributed by atoms with van der Waals surface area (Å²) >= 11 is 0. The van der Waals surface area contributed by atoms with Crippen LogP contribution >= 0.6 is 0 Å². The number of rotatable bonds is 1. The summed E-state index contributed by atoms with van der Waals surface area (Å²) in [5.41, 5.74) is -0.158. The maximum absolute atomic E-state index is 8.83. The predicted molar refractivity (Wildman–Crippen MR) is 41.8 cm³/mol. The first kappa shape index (κ1) is 6.41. The topological polar surface area (TPSA) is 48.2 Å². The lowest BCUT2D eigenvalue weighted by Gasteiger charge is -2.14. The van der Waals surface area contributed by atoms with Crippen LogP contribution in [-0.4, -0.2) is 12.4 Å². The molecule has 0 aromatic rings. The molecule has 11 heavy (non-hydrogen) atoms. The highest BCUT2D eigenvalue weighted by atomic mass is 15.0. The van der Waals surface area contributed by atoms with Crippen LogP contribution in [0.25, 0.3) is 0 Å². The zero-order valence-corrected chi connectivity index (χ0v) is 6.12. The van der Waals surface area contributed by atoms with Gasteiger partial charge in [0.1, 0.15) is 0 Å². The van der Waals surface area contributed by atoms with E-state index in [0.717, 1.165) is 12.8 Å². The maximum atomic E-state index is 8.83. The molecule has 0 amide bonds. The van der Waals surface area contributed by atoms with Crippen LogP contribution in [0.15, 0.2) is 17.3 Å². The lowest BCUT2D eigenvalue weighted by molar-refractivity contribution is 0.577. The Kier molecular flexibility index (Phi) is 1.22. The molecule has 56 valence electrons. The van der Waals surface area contributed by atoms with E-state index in [4.69, 9.17) is 5.26 Å². The number of nitrogens with one attached hydrogen (secondary N) is 1. The molecule has 1 atom stereocenters. The van der Waals surface area contributed by atoms with Crippen LogP contribution < -0.4 is 5.32 Å². The van der Waals surface area contributed by atoms with Gasteiger partial charge in [0, 0.05) is 6.20 Å². The minimum atomic E-state index is -0.158. The molecule has 1 N–H and O–H groups in total. The highest BCUT2D eigenvalue weighted by Gasteiger charge is 2.49. The summed E-state index contributed by atoms with van der Waals surface area (Å²) < 4.78 is 0. The van der Waals surface area contributed by atoms with Gasteiger partial charge >= 0.3 is 0 Å². The molecule has 0 spiro atoms. The van der Waals surface area contributed by atoms with Gasteiger partial charge in [0.15, 0.2) is 0 Å². The molecular weight excluding hydrogens is 138 g/mol. The summed E-state index contributed by atoms with van der Waals surface area (Å²) in [6, 6.07) is 2.42. The largest absolute Gasteiger partial charge is 0.353 e. The molecule has 2 aliphatic rings. The molecule has 1 fully saturated rings. The third-order valence-corrected chi connectivity index (χ3v) is 2.26. The van der Waals surface area contributed by atoms with Crippen molar-refractivity contribution in [3.8, 4) is 6.07 Å². The van der Waals surface area contributed by atoms with Gasteiger partial charge in [-0.05, 0) is 18.9 Å². The van der Waals surface area contributed by atoms with Crippen LogP contribution in [0.4, 0.5) is 0 Å². The fraction of sp³-hybridized carbons (Fsp3) is 0.500. The highest BCUT2D eigenvalue weighted by molar-refractivity contribution is 5.58. The molecule has 0 bridgehead atoms. The predicted octanol–water partition coefficient (Wildman–Crippen LogP) is 0.804. The molecule has 1 aliphatic carbocycles. The third-order valence-electron chi connectivity index (χ3n) is 2.26. The molecule has 3 heteroatoms. The van der Waals surface area contributed by atoms with Crippen molar-refractivity contribution in [1.29, 1.82) is 5.26 Å². The lowest BCUT2D eigenvalue weighted by atomic mass is 9.98. The van der Waals surface area contributed by atoms with E-state index in [-0.39, 0.29) is 11.5 Å². The molecule has 1 heterocycles. The van der Waals surface area contributed by atoms with Crippen molar-refractivity contribution in [1.82, 2.24) is 5.32 Å². The van der Waals surface area contributed by atoms with E-state index >= 15 is 0 Å². The van der Waals surface area contributed by atoms with E-state index in [1.165, 1.54) is 0 Å². The van der Waals surface area contributed by atoms with Crippen LogP contribution in [0.2, 0.25) is 0 Å². The number of hydrogen-bond acceptors (Lipinski definition) is 3. The Balaban J connectivity index is 2.16. The van der Waals surface area contributed by atoms with Gasteiger partial charge in [-0.25, -0.2) is 0 Å². The van der Waals surface area contributed by atoms with Crippen molar-refractivity contribution in [2.24, 2.45) is 10.4 Å². The van der Waals surface area contributed by atoms with E-state index in [0.29, 0.717) is 0 Å². The first-order valence-electron chi connectivity index (χ1n) is 3.73. The monoisotopic (exact) mass is 147 g/mol. The van der Waals surface area contributed by atoms with Gasteiger partial charge in [-0.3, -0.25) is 4.99 Å². The third kappa shape index (κ3) is 0.911. The second-order valence-electron chi connectivity index (χ2n) is 3.02. The van der Waals surface area contributed by atoms with E-state index in [1.807, 2.05) is 12.3 Å². The Morgan fingerprint density at radius 1 is 1.64 bits per heavy atom. The van der Waals surface area contributed by atoms with Gasteiger partial charge in [-0.2, -0.15) is 5.26 Å². The van der Waals surface area contributed by atoms with Crippen LogP contribution in [-0.2, 0) is 0 Å². The molecule has 0 radical (unpaired) electrons. The SMILES string of the molecule is N#CC1(C2C=CNC=N2)CC1. The standard InChI is InChI=1S/C8H9N3/c9-5-8(2-3-8)7-1-4-10-6-11-7/h1,4,6-7H,2-3H2,(H,10,11). The molecule has 1 saturated carbocycles. The van der Waals surface area contributed by atoms with Crippen LogP contribution in [0, 0.1) is 16.7 Å². The minimum absolute atomic E-state index is 0.0914. The van der Waals surface area contributed by atoms with E-state index < -0.39 is 0 Å². The van der Waals surface area contributed by atoms with Gasteiger partial charge in [-0.15, -0.1) is 0 Å². The Hall–Kier alpha value is -1.30. The molecule has 0 aromatic heterocycles. The number of aliphatic imine (C=N–C) groups is 1. The van der Waals surface area contributed by atoms with Crippen LogP contribution in [0.1, 0.15) is 12.8 Å². The fourth-order valence-electron chi connectivity index (χ4n) is 1.30. The van der Waals surface area contributed by atoms with Crippen molar-refractivity contribution in [3.05, 3.63) is 12.3 Å². The Morgan fingerprint density at radius 2 is 2.45 bits per heavy atom. The quantitative estimate of drug-likeness (QED) is 0.596. The zero-order chi connectivity index (χ0) is 7.73. The Morgan fingerprint density at radius 3 is 2.91 bits per heavy atom. The zero-order valence-electron chi connectivity index (χ0n) is 6.12. The average Bonchev–Trinajstić information content (AvgIpc) is 2.86. The van der Waals surface area contributed by atoms with Crippen LogP contribution in [0.3, 0.4) is 0 Å². The van der Waals surface area contributed by atoms with Crippen molar-refractivity contribution in [3.63, 3.8) is 0 Å². The molecule has 3 nitrogen and oxygen atoms in total. The molecular formula is C8H9N3. The maximum Gasteiger partial charge on any atom is 0.0900 e. The second kappa shape index (κ2) is 2.09. The first-order chi connectivity index (χ1) is 5.37. The lowest BCUT2D eigenvalue weighted by Crippen LogP contribution is -2.22. The van der Waals surface area contributed by atoms with Crippen molar-refractivity contribution >= 4 is 6.34 Å². The van der Waals surface area contributed by atoms with Gasteiger partial charge in [0.2, 0.25) is 0 Å². The summed E-state index contributed by atoms with van der Waals surface area (Å²) in [6.07, 6.45) is 7.44. The number of nitriles is 1. The summed E-state index contributed by atoms with van der Waals surface area (Å²) in [4.78, 5) is 4.19. The number of hydrogen-bond donors (Lipinski definition) is 1. The minimum Gasteiger partial charge on any atom is -0.353 e. The van der Waals surface area contributed by atoms with E-state index in [2.05, 4.69) is 16.4 Å². The van der Waals surface area contributed by atoms with Crippen molar-refractivity contribution in [2.45, 2.75) is 18.9 Å². The van der Waals surface area contributed by atoms with Gasteiger partial charge in [-0.1, -0.05) is 0 Å². The van der Waals surface area contributed by atoms with Crippen LogP contribution in [0.5, 0.6) is 0 Å². The molecule has 1 aliphatic heterocycles. The summed E-state index contributed by atoms with van der Waals surface area (Å²) in [5.74, 6) is 0. The van der Waals surface area contributed by atoms with Gasteiger partial charge in [0.25, 0.3) is 0 Å². The van der Waals surface area contributed by atoms with Gasteiger partial charge < -0.3 is 5.32 Å². The van der Waals surface area contributed by atoms with Crippen molar-refractivity contribution in [2.75, 3.05) is 0 Å². The van der Waals surface area contributed by atoms with Crippen molar-refractivity contribution < 1.29 is 0 Å². The van der Waals surface area contributed by atoms with Gasteiger partial charge in [0.05, 0.1) is 23.9 Å². The average molecular weight is 147 g/mol. The molecule has 0 aromatic carbocycles.